The van der Waals surface area contributed by atoms with Crippen LogP contribution in [-0.4, -0.2) is 29.9 Å². The van der Waals surface area contributed by atoms with Crippen LogP contribution >= 0.6 is 11.6 Å². The number of halogens is 1. The van der Waals surface area contributed by atoms with Crippen LogP contribution in [0.3, 0.4) is 0 Å². The molecule has 0 spiro atoms. The van der Waals surface area contributed by atoms with E-state index < -0.39 is 0 Å². The zero-order valence-corrected chi connectivity index (χ0v) is 22.9. The molecule has 1 unspecified atom stereocenters. The van der Waals surface area contributed by atoms with Gasteiger partial charge in [-0.25, -0.2) is 0 Å². The van der Waals surface area contributed by atoms with Gasteiger partial charge in [-0.15, -0.1) is 0 Å². The summed E-state index contributed by atoms with van der Waals surface area (Å²) in [6, 6.07) is 37.6. The van der Waals surface area contributed by atoms with Gasteiger partial charge in [0.25, 0.3) is 0 Å². The fraction of sp³-hybridized carbons (Fsp3) is 0.133. The van der Waals surface area contributed by atoms with Crippen molar-refractivity contribution in [2.24, 2.45) is 0 Å². The van der Waals surface area contributed by atoms with Crippen molar-refractivity contribution in [2.45, 2.75) is 25.7 Å². The number of rotatable bonds is 6. The Hall–Kier alpha value is -2.05. The van der Waals surface area contributed by atoms with E-state index >= 15 is 0 Å². The zero-order chi connectivity index (χ0) is 22.8. The second kappa shape index (κ2) is 9.67. The second-order valence-electron chi connectivity index (χ2n) is 8.51. The van der Waals surface area contributed by atoms with Crippen LogP contribution in [-0.2, 0) is 5.41 Å². The van der Waals surface area contributed by atoms with E-state index in [0.717, 1.165) is 11.4 Å². The zero-order valence-electron chi connectivity index (χ0n) is 18.7. The van der Waals surface area contributed by atoms with Gasteiger partial charge in [0.2, 0.25) is 0 Å². The van der Waals surface area contributed by atoms with Gasteiger partial charge in [-0.3, -0.25) is 0 Å². The van der Waals surface area contributed by atoms with Gasteiger partial charge < -0.3 is 0 Å². The third kappa shape index (κ3) is 4.52. The minimum absolute atomic E-state index is 0.147. The van der Waals surface area contributed by atoms with Crippen LogP contribution in [0.4, 0.5) is 0 Å². The van der Waals surface area contributed by atoms with E-state index in [4.69, 9.17) is 11.6 Å². The molecule has 3 heteroatoms. The predicted octanol–water partition coefficient (Wildman–Crippen LogP) is 5.92. The van der Waals surface area contributed by atoms with Crippen LogP contribution in [0, 0.1) is 13.8 Å². The summed E-state index contributed by atoms with van der Waals surface area (Å²) in [5.74, 6) is 0. The summed E-state index contributed by atoms with van der Waals surface area (Å²) in [6.45, 7) is 4.31. The van der Waals surface area contributed by atoms with E-state index in [-0.39, 0.29) is 20.4 Å². The molecule has 4 aromatic rings. The van der Waals surface area contributed by atoms with Crippen LogP contribution < -0.4 is 8.92 Å². The van der Waals surface area contributed by atoms with E-state index in [1.807, 2.05) is 12.1 Å². The summed E-state index contributed by atoms with van der Waals surface area (Å²) in [5.41, 5.74) is 5.07. The maximum absolute atomic E-state index is 6.88. The average Bonchev–Trinajstić information content (AvgIpc) is 2.83. The number of hydrogen-bond donors (Lipinski definition) is 0. The van der Waals surface area contributed by atoms with Crippen molar-refractivity contribution in [1.82, 2.24) is 0 Å². The van der Waals surface area contributed by atoms with E-state index in [1.165, 1.54) is 31.2 Å². The molecule has 5 rings (SSSR count). The van der Waals surface area contributed by atoms with Gasteiger partial charge in [0.1, 0.15) is 0 Å². The van der Waals surface area contributed by atoms with Crippen molar-refractivity contribution in [2.75, 3.05) is 0 Å². The molecule has 0 fully saturated rings. The monoisotopic (exact) mass is 580 g/mol. The number of aryl methyl sites for hydroxylation is 2. The summed E-state index contributed by atoms with van der Waals surface area (Å²) >= 11 is 7.41. The average molecular weight is 579 g/mol. The van der Waals surface area contributed by atoms with Crippen molar-refractivity contribution in [3.63, 3.8) is 0 Å². The van der Waals surface area contributed by atoms with E-state index in [0.29, 0.717) is 15.0 Å². The first-order valence-corrected chi connectivity index (χ1v) is 14.9. The van der Waals surface area contributed by atoms with E-state index in [1.54, 1.807) is 8.94 Å². The SMILES string of the molecule is Cc1ccc([Se]C2=C([Se]c3ccc(C)cc3)C(c3ccccc3)(c3ccccc3Cl)C2)cc1. The molecule has 0 N–H and O–H groups in total. The first-order valence-electron chi connectivity index (χ1n) is 11.1. The normalized spacial score (nSPS) is 17.7. The Labute approximate surface area is 214 Å². The third-order valence-corrected chi connectivity index (χ3v) is 12.2. The van der Waals surface area contributed by atoms with Crippen LogP contribution in [0.15, 0.2) is 112 Å². The van der Waals surface area contributed by atoms with Crippen molar-refractivity contribution < 1.29 is 0 Å². The fourth-order valence-corrected chi connectivity index (χ4v) is 10.4. The molecule has 0 nitrogen and oxygen atoms in total. The van der Waals surface area contributed by atoms with Gasteiger partial charge in [-0.1, -0.05) is 0 Å². The third-order valence-electron chi connectivity index (χ3n) is 6.17. The van der Waals surface area contributed by atoms with Crippen molar-refractivity contribution in [3.05, 3.63) is 139 Å². The molecule has 4 aromatic carbocycles. The van der Waals surface area contributed by atoms with Crippen molar-refractivity contribution >= 4 is 50.4 Å². The van der Waals surface area contributed by atoms with Gasteiger partial charge in [0, 0.05) is 0 Å². The molecule has 1 aliphatic carbocycles. The van der Waals surface area contributed by atoms with Crippen LogP contribution in [0.5, 0.6) is 0 Å². The first kappa shape index (κ1) is 22.7. The van der Waals surface area contributed by atoms with Gasteiger partial charge in [-0.2, -0.15) is 0 Å². The summed E-state index contributed by atoms with van der Waals surface area (Å²) in [4.78, 5) is 0. The van der Waals surface area contributed by atoms with Crippen molar-refractivity contribution in [3.8, 4) is 0 Å². The van der Waals surface area contributed by atoms with Gasteiger partial charge in [0.15, 0.2) is 0 Å². The number of allylic oxidation sites excluding steroid dienone is 2. The summed E-state index contributed by atoms with van der Waals surface area (Å²) in [6.07, 6.45) is 1.04. The molecular formula is C30H25ClSe2. The molecule has 0 aliphatic heterocycles. The first-order chi connectivity index (χ1) is 16.1. The molecule has 1 aliphatic rings. The van der Waals surface area contributed by atoms with Crippen LogP contribution in [0.1, 0.15) is 28.7 Å². The summed E-state index contributed by atoms with van der Waals surface area (Å²) in [5, 5.41) is 0.862. The number of benzene rings is 4. The molecule has 0 radical (unpaired) electrons. The molecule has 33 heavy (non-hydrogen) atoms. The van der Waals surface area contributed by atoms with Gasteiger partial charge >= 0.3 is 215 Å². The Balaban J connectivity index is 1.67. The summed E-state index contributed by atoms with van der Waals surface area (Å²) < 4.78 is 6.07. The Morgan fingerprint density at radius 3 is 1.79 bits per heavy atom. The fourth-order valence-electron chi connectivity index (χ4n) is 4.37. The number of hydrogen-bond acceptors (Lipinski definition) is 0. The predicted molar refractivity (Wildman–Crippen MR) is 143 cm³/mol. The molecule has 0 heterocycles. The molecule has 1 atom stereocenters. The van der Waals surface area contributed by atoms with Crippen LogP contribution in [0.2, 0.25) is 5.02 Å². The molecule has 0 saturated carbocycles. The Bertz CT molecular complexity index is 1290. The van der Waals surface area contributed by atoms with E-state index in [9.17, 15) is 0 Å². The quantitative estimate of drug-likeness (QED) is 0.249. The van der Waals surface area contributed by atoms with Crippen LogP contribution in [0.25, 0.3) is 0 Å². The molecule has 0 bridgehead atoms. The second-order valence-corrected chi connectivity index (χ2v) is 13.6. The van der Waals surface area contributed by atoms with Gasteiger partial charge in [-0.05, 0) is 0 Å². The van der Waals surface area contributed by atoms with E-state index in [2.05, 4.69) is 105 Å². The van der Waals surface area contributed by atoms with Crippen molar-refractivity contribution in [1.29, 1.82) is 0 Å². The molecule has 0 aromatic heterocycles. The van der Waals surface area contributed by atoms with Gasteiger partial charge in [0.05, 0.1) is 0 Å². The summed E-state index contributed by atoms with van der Waals surface area (Å²) in [7, 11) is 0. The molecular weight excluding hydrogens is 554 g/mol. The Morgan fingerprint density at radius 1 is 0.636 bits per heavy atom. The topological polar surface area (TPSA) is 0 Å². The standard InChI is InChI=1S/C30H25ClSe2/c1-21-12-16-24(17-13-21)32-28-20-30(23-8-4-3-5-9-23,26-10-6-7-11-27(26)31)29(28)33-25-18-14-22(2)15-19-25/h3-19H,20H2,1-2H3. The molecule has 164 valence electrons. The Morgan fingerprint density at radius 2 is 1.18 bits per heavy atom. The minimum atomic E-state index is -0.147. The maximum atomic E-state index is 6.88. The molecule has 0 saturated heterocycles. The Kier molecular flexibility index (Phi) is 6.66. The molecule has 0 amide bonds.